The first kappa shape index (κ1) is 26.6. The van der Waals surface area contributed by atoms with Gasteiger partial charge in [0.05, 0.1) is 37.0 Å². The Balaban J connectivity index is 1.55. The van der Waals surface area contributed by atoms with Crippen LogP contribution >= 0.6 is 15.9 Å². The summed E-state index contributed by atoms with van der Waals surface area (Å²) < 4.78 is 23.5. The van der Waals surface area contributed by atoms with E-state index in [1.54, 1.807) is 17.0 Å². The predicted octanol–water partition coefficient (Wildman–Crippen LogP) is 5.07. The van der Waals surface area contributed by atoms with Crippen molar-refractivity contribution in [2.75, 3.05) is 32.9 Å². The largest absolute Gasteiger partial charge is 0.494 e. The van der Waals surface area contributed by atoms with Gasteiger partial charge < -0.3 is 29.6 Å². The number of H-pyrrole nitrogens is 1. The van der Waals surface area contributed by atoms with E-state index in [9.17, 15) is 10.1 Å². The molecule has 2 aliphatic rings. The van der Waals surface area contributed by atoms with Crippen molar-refractivity contribution in [2.45, 2.75) is 25.7 Å². The summed E-state index contributed by atoms with van der Waals surface area (Å²) >= 11 is 3.52. The van der Waals surface area contributed by atoms with Crippen molar-refractivity contribution < 1.29 is 23.7 Å². The molecule has 3 N–H and O–H groups in total. The summed E-state index contributed by atoms with van der Waals surface area (Å²) in [4.78, 5) is 14.6. The number of fused-ring (bicyclic) bond motifs is 1. The van der Waals surface area contributed by atoms with Crippen molar-refractivity contribution in [3.05, 3.63) is 69.5 Å². The molecule has 1 fully saturated rings. The molecule has 1 aromatic heterocycles. The summed E-state index contributed by atoms with van der Waals surface area (Å²) in [7, 11) is 0. The second-order valence-corrected chi connectivity index (χ2v) is 10.0. The van der Waals surface area contributed by atoms with Crippen molar-refractivity contribution in [1.82, 2.24) is 15.1 Å². The van der Waals surface area contributed by atoms with Crippen LogP contribution in [0.3, 0.4) is 0 Å². The van der Waals surface area contributed by atoms with Crippen molar-refractivity contribution in [2.24, 2.45) is 5.73 Å². The summed E-state index contributed by atoms with van der Waals surface area (Å²) in [6.07, 6.45) is 1.54. The summed E-state index contributed by atoms with van der Waals surface area (Å²) in [5.74, 6) is 0.552. The lowest BCUT2D eigenvalue weighted by molar-refractivity contribution is 0.0415. The minimum Gasteiger partial charge on any atom is -0.494 e. The summed E-state index contributed by atoms with van der Waals surface area (Å²) in [5, 5.41) is 17.5. The van der Waals surface area contributed by atoms with Crippen LogP contribution in [0.5, 0.6) is 17.4 Å². The van der Waals surface area contributed by atoms with Gasteiger partial charge in [-0.05, 0) is 48.9 Å². The Kier molecular flexibility index (Phi) is 8.05. The topological polar surface area (TPSA) is 136 Å². The van der Waals surface area contributed by atoms with E-state index in [4.69, 9.17) is 24.7 Å². The quantitative estimate of drug-likeness (QED) is 0.362. The lowest BCUT2D eigenvalue weighted by Gasteiger charge is -2.28. The maximum absolute atomic E-state index is 13.0. The molecule has 0 radical (unpaired) electrons. The van der Waals surface area contributed by atoms with Crippen LogP contribution in [0.4, 0.5) is 4.79 Å². The van der Waals surface area contributed by atoms with Crippen LogP contribution in [-0.2, 0) is 4.74 Å². The van der Waals surface area contributed by atoms with Crippen LogP contribution in [0, 0.1) is 11.3 Å². The van der Waals surface area contributed by atoms with E-state index in [-0.39, 0.29) is 17.3 Å². The number of hydrogen-bond donors (Lipinski definition) is 2. The standard InChI is InChI=1S/C28H28BrN5O5/c1-2-3-12-37-19-7-4-17(5-8-19)25-24-23(21(16-30)26(31)39-27(24)33-32-25)20-15-18(29)6-9-22(20)38-28(35)34-10-13-36-14-11-34/h4-9,15,23H,2-3,10-14,31H2,1H3,(H,32,33)/t23-/m1/s1. The van der Waals surface area contributed by atoms with Gasteiger partial charge in [0.2, 0.25) is 11.8 Å². The van der Waals surface area contributed by atoms with E-state index in [1.165, 1.54) is 0 Å². The normalized spacial score (nSPS) is 16.7. The zero-order valence-electron chi connectivity index (χ0n) is 21.4. The number of aromatic amines is 1. The molecule has 0 saturated carbocycles. The lowest BCUT2D eigenvalue weighted by Crippen LogP contribution is -2.42. The highest BCUT2D eigenvalue weighted by atomic mass is 79.9. The molecule has 10 nitrogen and oxygen atoms in total. The van der Waals surface area contributed by atoms with E-state index in [1.807, 2.05) is 30.3 Å². The minimum absolute atomic E-state index is 0.0573. The fourth-order valence-corrected chi connectivity index (χ4v) is 4.95. The average Bonchev–Trinajstić information content (AvgIpc) is 3.37. The SMILES string of the molecule is CCCCOc1ccc(-c2[nH]nc3c2[C@H](c2cc(Br)ccc2OC(=O)N2CCOCC2)C(C#N)=C(N)O3)cc1. The monoisotopic (exact) mass is 593 g/mol. The van der Waals surface area contributed by atoms with E-state index in [0.29, 0.717) is 55.5 Å². The number of rotatable bonds is 7. The number of carbonyl (C=O) groups is 1. The van der Waals surface area contributed by atoms with Gasteiger partial charge >= 0.3 is 6.09 Å². The third kappa shape index (κ3) is 5.57. The molecule has 202 valence electrons. The molecule has 5 rings (SSSR count). The number of nitrogens with two attached hydrogens (primary N) is 1. The van der Waals surface area contributed by atoms with Gasteiger partial charge in [-0.25, -0.2) is 4.79 Å². The van der Waals surface area contributed by atoms with Crippen molar-refractivity contribution >= 4 is 22.0 Å². The first-order chi connectivity index (χ1) is 19.0. The first-order valence-corrected chi connectivity index (χ1v) is 13.5. The first-order valence-electron chi connectivity index (χ1n) is 12.7. The van der Waals surface area contributed by atoms with Crippen molar-refractivity contribution in [3.63, 3.8) is 0 Å². The maximum atomic E-state index is 13.0. The average molecular weight is 594 g/mol. The Morgan fingerprint density at radius 2 is 2.03 bits per heavy atom. The lowest BCUT2D eigenvalue weighted by atomic mass is 9.82. The van der Waals surface area contributed by atoms with E-state index in [0.717, 1.165) is 28.6 Å². The Bertz CT molecular complexity index is 1420. The molecule has 3 heterocycles. The summed E-state index contributed by atoms with van der Waals surface area (Å²) in [6.45, 7) is 4.53. The number of unbranched alkanes of at least 4 members (excludes halogenated alkanes) is 1. The summed E-state index contributed by atoms with van der Waals surface area (Å²) in [6, 6.07) is 15.1. The van der Waals surface area contributed by atoms with Crippen LogP contribution in [0.1, 0.15) is 36.8 Å². The number of ether oxygens (including phenoxy) is 4. The number of nitrogens with one attached hydrogen (secondary N) is 1. The number of morpholine rings is 1. The van der Waals surface area contributed by atoms with Crippen LogP contribution in [0.15, 0.2) is 58.4 Å². The van der Waals surface area contributed by atoms with Crippen molar-refractivity contribution in [3.8, 4) is 34.7 Å². The van der Waals surface area contributed by atoms with Gasteiger partial charge in [-0.3, -0.25) is 5.10 Å². The van der Waals surface area contributed by atoms with E-state index >= 15 is 0 Å². The molecule has 0 bridgehead atoms. The molecule has 39 heavy (non-hydrogen) atoms. The van der Waals surface area contributed by atoms with Gasteiger partial charge in [0.15, 0.2) is 0 Å². The van der Waals surface area contributed by atoms with Gasteiger partial charge in [-0.2, -0.15) is 5.26 Å². The second-order valence-electron chi connectivity index (χ2n) is 9.12. The van der Waals surface area contributed by atoms with Gasteiger partial charge in [0.1, 0.15) is 23.1 Å². The predicted molar refractivity (Wildman–Crippen MR) is 146 cm³/mol. The highest BCUT2D eigenvalue weighted by Gasteiger charge is 2.38. The van der Waals surface area contributed by atoms with E-state index < -0.39 is 12.0 Å². The molecule has 0 spiro atoms. The van der Waals surface area contributed by atoms with Crippen LogP contribution in [0.25, 0.3) is 11.3 Å². The molecule has 11 heteroatoms. The number of aromatic nitrogens is 2. The Morgan fingerprint density at radius 3 is 2.74 bits per heavy atom. The van der Waals surface area contributed by atoms with Gasteiger partial charge in [0, 0.05) is 28.7 Å². The Labute approximate surface area is 234 Å². The fraction of sp³-hybridized carbons (Fsp3) is 0.321. The molecule has 2 aromatic carbocycles. The molecule has 2 aliphatic heterocycles. The highest BCUT2D eigenvalue weighted by Crippen LogP contribution is 2.48. The summed E-state index contributed by atoms with van der Waals surface area (Å²) in [5.41, 5.74) is 9.03. The zero-order chi connectivity index (χ0) is 27.4. The molecular weight excluding hydrogens is 566 g/mol. The highest BCUT2D eigenvalue weighted by molar-refractivity contribution is 9.10. The molecule has 1 saturated heterocycles. The Hall–Kier alpha value is -4.01. The number of allylic oxidation sites excluding steroid dienone is 1. The number of halogens is 1. The van der Waals surface area contributed by atoms with Gasteiger partial charge in [-0.15, -0.1) is 5.10 Å². The molecule has 0 aliphatic carbocycles. The molecule has 0 unspecified atom stereocenters. The fourth-order valence-electron chi connectivity index (χ4n) is 4.57. The third-order valence-corrected chi connectivity index (χ3v) is 7.09. The second kappa shape index (κ2) is 11.8. The smallest absolute Gasteiger partial charge is 0.415 e. The third-order valence-electron chi connectivity index (χ3n) is 6.60. The van der Waals surface area contributed by atoms with E-state index in [2.05, 4.69) is 39.1 Å². The Morgan fingerprint density at radius 1 is 1.26 bits per heavy atom. The number of carbonyl (C=O) groups excluding carboxylic acids is 1. The molecule has 1 atom stereocenters. The molecule has 3 aromatic rings. The number of benzene rings is 2. The number of nitriles is 1. The minimum atomic E-state index is -0.710. The maximum Gasteiger partial charge on any atom is 0.415 e. The van der Waals surface area contributed by atoms with Crippen LogP contribution in [0.2, 0.25) is 0 Å². The van der Waals surface area contributed by atoms with Crippen LogP contribution < -0.4 is 19.9 Å². The molecule has 1 amide bonds. The van der Waals surface area contributed by atoms with Crippen molar-refractivity contribution in [1.29, 1.82) is 5.26 Å². The van der Waals surface area contributed by atoms with Gasteiger partial charge in [0.25, 0.3) is 0 Å². The number of amides is 1. The van der Waals surface area contributed by atoms with Gasteiger partial charge in [-0.1, -0.05) is 29.3 Å². The van der Waals surface area contributed by atoms with Crippen LogP contribution in [-0.4, -0.2) is 54.1 Å². The zero-order valence-corrected chi connectivity index (χ0v) is 23.0. The molecular formula is C28H28BrN5O5. The number of hydrogen-bond acceptors (Lipinski definition) is 8. The number of nitrogens with zero attached hydrogens (tertiary/aromatic N) is 3.